The predicted octanol–water partition coefficient (Wildman–Crippen LogP) is 2.07. The number of anilines is 1. The molecule has 3 aromatic rings. The number of hydrogen-bond acceptors (Lipinski definition) is 6. The SMILES string of the molecule is Cc1cc(C)n(-c2ccc(N3CCN(S(=O)(=O)c4cc(F)ccc4F)CC3)nn2)n1. The molecule has 11 heteroatoms. The summed E-state index contributed by atoms with van der Waals surface area (Å²) in [5.41, 5.74) is 1.82. The fraction of sp³-hybridized carbons (Fsp3) is 0.316. The van der Waals surface area contributed by atoms with E-state index in [4.69, 9.17) is 0 Å². The van der Waals surface area contributed by atoms with E-state index in [9.17, 15) is 17.2 Å². The van der Waals surface area contributed by atoms with Crippen LogP contribution in [0.25, 0.3) is 5.82 Å². The van der Waals surface area contributed by atoms with Gasteiger partial charge in [-0.2, -0.15) is 9.40 Å². The van der Waals surface area contributed by atoms with Crippen molar-refractivity contribution in [3.63, 3.8) is 0 Å². The van der Waals surface area contributed by atoms with E-state index in [1.165, 1.54) is 0 Å². The molecule has 8 nitrogen and oxygen atoms in total. The van der Waals surface area contributed by atoms with Gasteiger partial charge >= 0.3 is 0 Å². The zero-order valence-electron chi connectivity index (χ0n) is 16.5. The zero-order chi connectivity index (χ0) is 21.5. The molecule has 1 fully saturated rings. The van der Waals surface area contributed by atoms with E-state index in [1.54, 1.807) is 16.8 Å². The van der Waals surface area contributed by atoms with E-state index in [1.807, 2.05) is 24.8 Å². The molecule has 0 amide bonds. The molecular weight excluding hydrogens is 414 g/mol. The van der Waals surface area contributed by atoms with E-state index >= 15 is 0 Å². The van der Waals surface area contributed by atoms with Crippen LogP contribution in [0.2, 0.25) is 0 Å². The van der Waals surface area contributed by atoms with Gasteiger partial charge in [0.2, 0.25) is 10.0 Å². The highest BCUT2D eigenvalue weighted by Gasteiger charge is 2.31. The van der Waals surface area contributed by atoms with Crippen LogP contribution < -0.4 is 4.90 Å². The monoisotopic (exact) mass is 434 g/mol. The number of aromatic nitrogens is 4. The van der Waals surface area contributed by atoms with Crippen molar-refractivity contribution in [2.75, 3.05) is 31.1 Å². The lowest BCUT2D eigenvalue weighted by Crippen LogP contribution is -2.49. The van der Waals surface area contributed by atoms with Crippen molar-refractivity contribution in [1.82, 2.24) is 24.3 Å². The molecule has 30 heavy (non-hydrogen) atoms. The first-order valence-corrected chi connectivity index (χ1v) is 10.8. The maximum Gasteiger partial charge on any atom is 0.246 e. The van der Waals surface area contributed by atoms with Gasteiger partial charge in [-0.1, -0.05) is 0 Å². The number of benzene rings is 1. The second-order valence-corrected chi connectivity index (χ2v) is 8.96. The summed E-state index contributed by atoms with van der Waals surface area (Å²) in [4.78, 5) is 1.25. The zero-order valence-corrected chi connectivity index (χ0v) is 17.3. The number of rotatable bonds is 4. The van der Waals surface area contributed by atoms with Crippen molar-refractivity contribution < 1.29 is 17.2 Å². The molecule has 1 aromatic carbocycles. The fourth-order valence-corrected chi connectivity index (χ4v) is 4.93. The number of halogens is 2. The fourth-order valence-electron chi connectivity index (χ4n) is 3.43. The summed E-state index contributed by atoms with van der Waals surface area (Å²) in [6.07, 6.45) is 0. The first-order valence-electron chi connectivity index (χ1n) is 9.33. The molecule has 0 unspecified atom stereocenters. The molecule has 0 saturated carbocycles. The molecule has 4 rings (SSSR count). The number of nitrogens with zero attached hydrogens (tertiary/aromatic N) is 6. The summed E-state index contributed by atoms with van der Waals surface area (Å²) in [5.74, 6) is -0.572. The molecular formula is C19H20F2N6O2S. The second kappa shape index (κ2) is 7.73. The number of aryl methyl sites for hydroxylation is 2. The Morgan fingerprint density at radius 1 is 0.900 bits per heavy atom. The Morgan fingerprint density at radius 2 is 1.57 bits per heavy atom. The first kappa shape index (κ1) is 20.4. The summed E-state index contributed by atoms with van der Waals surface area (Å²) in [6.45, 7) is 4.78. The van der Waals surface area contributed by atoms with Crippen molar-refractivity contribution in [2.45, 2.75) is 18.7 Å². The Morgan fingerprint density at radius 3 is 2.17 bits per heavy atom. The van der Waals surface area contributed by atoms with Crippen LogP contribution in [-0.4, -0.2) is 58.9 Å². The van der Waals surface area contributed by atoms with Crippen molar-refractivity contribution in [2.24, 2.45) is 0 Å². The minimum atomic E-state index is -4.12. The third-order valence-electron chi connectivity index (χ3n) is 4.94. The summed E-state index contributed by atoms with van der Waals surface area (Å²) in [5, 5.41) is 12.8. The van der Waals surface area contributed by atoms with E-state index < -0.39 is 26.6 Å². The number of hydrogen-bond donors (Lipinski definition) is 0. The minimum Gasteiger partial charge on any atom is -0.352 e. The Balaban J connectivity index is 1.47. The van der Waals surface area contributed by atoms with Crippen molar-refractivity contribution in [3.05, 3.63) is 59.4 Å². The Labute approximate surface area is 172 Å². The van der Waals surface area contributed by atoms with Gasteiger partial charge in [0.15, 0.2) is 11.6 Å². The van der Waals surface area contributed by atoms with Gasteiger partial charge in [-0.05, 0) is 50.2 Å². The number of piperazine rings is 1. The van der Waals surface area contributed by atoms with Crippen LogP contribution in [0, 0.1) is 25.5 Å². The largest absolute Gasteiger partial charge is 0.352 e. The van der Waals surface area contributed by atoms with E-state index in [-0.39, 0.29) is 13.1 Å². The predicted molar refractivity (Wildman–Crippen MR) is 106 cm³/mol. The summed E-state index contributed by atoms with van der Waals surface area (Å²) in [6, 6.07) is 7.96. The molecule has 158 valence electrons. The summed E-state index contributed by atoms with van der Waals surface area (Å²) >= 11 is 0. The Hall–Kier alpha value is -2.92. The van der Waals surface area contributed by atoms with Crippen molar-refractivity contribution >= 4 is 15.8 Å². The van der Waals surface area contributed by atoms with E-state index in [0.29, 0.717) is 30.8 Å². The second-order valence-electron chi connectivity index (χ2n) is 7.05. The van der Waals surface area contributed by atoms with Crippen molar-refractivity contribution in [3.8, 4) is 5.82 Å². The number of sulfonamides is 1. The Bertz CT molecular complexity index is 1170. The average Bonchev–Trinajstić information content (AvgIpc) is 3.08. The van der Waals surface area contributed by atoms with Gasteiger partial charge in [0.1, 0.15) is 16.5 Å². The van der Waals surface area contributed by atoms with Gasteiger partial charge < -0.3 is 4.90 Å². The molecule has 0 N–H and O–H groups in total. The van der Waals surface area contributed by atoms with Gasteiger partial charge in [-0.3, -0.25) is 0 Å². The quantitative estimate of drug-likeness (QED) is 0.625. The van der Waals surface area contributed by atoms with Crippen LogP contribution >= 0.6 is 0 Å². The maximum absolute atomic E-state index is 14.0. The topological polar surface area (TPSA) is 84.2 Å². The van der Waals surface area contributed by atoms with Crippen LogP contribution in [0.1, 0.15) is 11.4 Å². The molecule has 1 aliphatic heterocycles. The van der Waals surface area contributed by atoms with Crippen LogP contribution in [-0.2, 0) is 10.0 Å². The summed E-state index contributed by atoms with van der Waals surface area (Å²) < 4.78 is 55.6. The standard InChI is InChI=1S/C19H20F2N6O2S/c1-13-11-14(2)27(24-13)19-6-5-18(22-23-19)25-7-9-26(10-8-25)30(28,29)17-12-15(20)3-4-16(17)21/h3-6,11-12H,7-10H2,1-2H3. The average molecular weight is 434 g/mol. The lowest BCUT2D eigenvalue weighted by atomic mass is 10.3. The van der Waals surface area contributed by atoms with Crippen LogP contribution in [0.3, 0.4) is 0 Å². The molecule has 3 heterocycles. The van der Waals surface area contributed by atoms with Crippen LogP contribution in [0.5, 0.6) is 0 Å². The van der Waals surface area contributed by atoms with Crippen molar-refractivity contribution in [1.29, 1.82) is 0 Å². The Kier molecular flexibility index (Phi) is 5.24. The molecule has 0 atom stereocenters. The normalized spacial score (nSPS) is 15.5. The van der Waals surface area contributed by atoms with Crippen LogP contribution in [0.15, 0.2) is 41.3 Å². The highest BCUT2D eigenvalue weighted by Crippen LogP contribution is 2.23. The molecule has 2 aromatic heterocycles. The third-order valence-corrected chi connectivity index (χ3v) is 6.85. The summed E-state index contributed by atoms with van der Waals surface area (Å²) in [7, 11) is -4.12. The highest BCUT2D eigenvalue weighted by atomic mass is 32.2. The molecule has 0 bridgehead atoms. The minimum absolute atomic E-state index is 0.124. The van der Waals surface area contributed by atoms with Gasteiger partial charge in [0.05, 0.1) is 5.69 Å². The smallest absolute Gasteiger partial charge is 0.246 e. The van der Waals surface area contributed by atoms with Gasteiger partial charge in [0.25, 0.3) is 0 Å². The lowest BCUT2D eigenvalue weighted by molar-refractivity contribution is 0.380. The van der Waals surface area contributed by atoms with Gasteiger partial charge in [-0.15, -0.1) is 10.2 Å². The van der Waals surface area contributed by atoms with E-state index in [0.717, 1.165) is 27.8 Å². The molecule has 0 spiro atoms. The molecule has 1 aliphatic rings. The molecule has 0 aliphatic carbocycles. The molecule has 0 radical (unpaired) electrons. The highest BCUT2D eigenvalue weighted by molar-refractivity contribution is 7.89. The van der Waals surface area contributed by atoms with Gasteiger partial charge in [0, 0.05) is 31.9 Å². The molecule has 1 saturated heterocycles. The van der Waals surface area contributed by atoms with Gasteiger partial charge in [-0.25, -0.2) is 21.9 Å². The lowest BCUT2D eigenvalue weighted by Gasteiger charge is -2.34. The van der Waals surface area contributed by atoms with Crippen LogP contribution in [0.4, 0.5) is 14.6 Å². The first-order chi connectivity index (χ1) is 14.3. The van der Waals surface area contributed by atoms with E-state index in [2.05, 4.69) is 15.3 Å². The maximum atomic E-state index is 14.0. The third kappa shape index (κ3) is 3.77.